The highest BCUT2D eigenvalue weighted by molar-refractivity contribution is 5.88. The summed E-state index contributed by atoms with van der Waals surface area (Å²) in [5, 5.41) is 3.51. The fraction of sp³-hybridized carbons (Fsp3) is 0.727. The van der Waals surface area contributed by atoms with Crippen LogP contribution in [0.15, 0.2) is 4.52 Å². The first-order chi connectivity index (χ1) is 8.65. The van der Waals surface area contributed by atoms with Gasteiger partial charge in [-0.05, 0) is 25.8 Å². The van der Waals surface area contributed by atoms with Gasteiger partial charge in [0.15, 0.2) is 0 Å². The van der Waals surface area contributed by atoms with E-state index >= 15 is 0 Å². The first-order valence-corrected chi connectivity index (χ1v) is 6.04. The van der Waals surface area contributed by atoms with Crippen LogP contribution >= 0.6 is 0 Å². The predicted molar refractivity (Wildman–Crippen MR) is 62.7 cm³/mol. The zero-order valence-corrected chi connectivity index (χ0v) is 10.5. The molecule has 0 aliphatic carbocycles. The molecular weight excluding hydrogens is 236 g/mol. The summed E-state index contributed by atoms with van der Waals surface area (Å²) < 4.78 is 10.3. The number of aromatic nitrogens is 2. The molecule has 0 spiro atoms. The topological polar surface area (TPSA) is 94.5 Å². The summed E-state index contributed by atoms with van der Waals surface area (Å²) in [6.07, 6.45) is 2.17. The molecule has 7 nitrogen and oxygen atoms in total. The highest BCUT2D eigenvalue weighted by Crippen LogP contribution is 2.16. The average molecular weight is 254 g/mol. The molecule has 0 bridgehead atoms. The second-order valence-corrected chi connectivity index (χ2v) is 4.63. The Morgan fingerprint density at radius 2 is 2.22 bits per heavy atom. The number of amides is 1. The quantitative estimate of drug-likeness (QED) is 0.796. The normalized spacial score (nSPS) is 17.2. The number of rotatable bonds is 5. The Kier molecular flexibility index (Phi) is 4.27. The smallest absolute Gasteiger partial charge is 0.290 e. The van der Waals surface area contributed by atoms with Crippen LogP contribution in [0.25, 0.3) is 0 Å². The third-order valence-electron chi connectivity index (χ3n) is 3.00. The van der Waals surface area contributed by atoms with Crippen molar-refractivity contribution in [3.63, 3.8) is 0 Å². The molecule has 0 atom stereocenters. The summed E-state index contributed by atoms with van der Waals surface area (Å²) in [5.41, 5.74) is 5.06. The van der Waals surface area contributed by atoms with Crippen LogP contribution in [0.2, 0.25) is 0 Å². The van der Waals surface area contributed by atoms with Crippen molar-refractivity contribution in [3.8, 4) is 0 Å². The fourth-order valence-corrected chi connectivity index (χ4v) is 2.08. The van der Waals surface area contributed by atoms with Crippen LogP contribution in [0.4, 0.5) is 0 Å². The minimum absolute atomic E-state index is 0.0653. The van der Waals surface area contributed by atoms with Crippen LogP contribution in [-0.4, -0.2) is 47.8 Å². The Labute approximate surface area is 105 Å². The van der Waals surface area contributed by atoms with E-state index in [0.717, 1.165) is 32.6 Å². The van der Waals surface area contributed by atoms with Crippen molar-refractivity contribution < 1.29 is 14.1 Å². The highest BCUT2D eigenvalue weighted by Gasteiger charge is 2.18. The number of hydrogen-bond donors (Lipinski definition) is 1. The van der Waals surface area contributed by atoms with Gasteiger partial charge in [0.2, 0.25) is 5.89 Å². The number of ether oxygens (including phenoxy) is 1. The van der Waals surface area contributed by atoms with E-state index in [0.29, 0.717) is 18.4 Å². The maximum Gasteiger partial charge on any atom is 0.290 e. The number of hydrogen-bond acceptors (Lipinski definition) is 6. The third kappa shape index (κ3) is 3.51. The monoisotopic (exact) mass is 254 g/mol. The van der Waals surface area contributed by atoms with Crippen molar-refractivity contribution in [1.29, 1.82) is 0 Å². The van der Waals surface area contributed by atoms with E-state index in [1.165, 1.54) is 0 Å². The minimum atomic E-state index is -0.669. The Morgan fingerprint density at radius 1 is 1.50 bits per heavy atom. The van der Waals surface area contributed by atoms with Gasteiger partial charge in [-0.15, -0.1) is 0 Å². The van der Waals surface area contributed by atoms with Gasteiger partial charge in [-0.1, -0.05) is 5.16 Å². The van der Waals surface area contributed by atoms with Crippen LogP contribution in [0.1, 0.15) is 29.4 Å². The molecule has 2 heterocycles. The van der Waals surface area contributed by atoms with Crippen LogP contribution in [0.5, 0.6) is 0 Å². The average Bonchev–Trinajstić information content (AvgIpc) is 2.78. The lowest BCUT2D eigenvalue weighted by atomic mass is 10.00. The molecule has 0 radical (unpaired) electrons. The molecule has 1 fully saturated rings. The second kappa shape index (κ2) is 5.92. The summed E-state index contributed by atoms with van der Waals surface area (Å²) in [4.78, 5) is 16.9. The molecule has 2 N–H and O–H groups in total. The fourth-order valence-electron chi connectivity index (χ4n) is 2.08. The van der Waals surface area contributed by atoms with Crippen LogP contribution in [-0.2, 0) is 11.3 Å². The molecule has 0 aromatic carbocycles. The van der Waals surface area contributed by atoms with Gasteiger partial charge >= 0.3 is 0 Å². The number of primary amides is 1. The van der Waals surface area contributed by atoms with Crippen LogP contribution < -0.4 is 5.73 Å². The van der Waals surface area contributed by atoms with Crippen molar-refractivity contribution in [3.05, 3.63) is 11.7 Å². The molecule has 0 saturated carbocycles. The molecule has 1 aliphatic rings. The lowest BCUT2D eigenvalue weighted by Crippen LogP contribution is -2.29. The Morgan fingerprint density at radius 3 is 2.83 bits per heavy atom. The third-order valence-corrected chi connectivity index (χ3v) is 3.00. The van der Waals surface area contributed by atoms with Gasteiger partial charge in [0.05, 0.1) is 6.54 Å². The van der Waals surface area contributed by atoms with Crippen molar-refractivity contribution in [2.75, 3.05) is 26.8 Å². The molecule has 18 heavy (non-hydrogen) atoms. The molecule has 1 aliphatic heterocycles. The molecule has 1 saturated heterocycles. The molecule has 0 unspecified atom stereocenters. The Bertz CT molecular complexity index is 401. The van der Waals surface area contributed by atoms with Crippen molar-refractivity contribution in [2.45, 2.75) is 19.4 Å². The molecular formula is C11H18N4O3. The van der Waals surface area contributed by atoms with Crippen molar-refractivity contribution >= 4 is 5.91 Å². The van der Waals surface area contributed by atoms with Crippen LogP contribution in [0.3, 0.4) is 0 Å². The summed E-state index contributed by atoms with van der Waals surface area (Å²) in [7, 11) is 1.99. The van der Waals surface area contributed by atoms with E-state index < -0.39 is 5.91 Å². The first-order valence-electron chi connectivity index (χ1n) is 6.04. The van der Waals surface area contributed by atoms with Gasteiger partial charge in [0.1, 0.15) is 0 Å². The van der Waals surface area contributed by atoms with Gasteiger partial charge in [-0.2, -0.15) is 4.98 Å². The first kappa shape index (κ1) is 13.0. The Balaban J connectivity index is 1.82. The molecule has 7 heteroatoms. The molecule has 2 rings (SSSR count). The van der Waals surface area contributed by atoms with E-state index in [-0.39, 0.29) is 5.82 Å². The predicted octanol–water partition coefficient (Wildman–Crippen LogP) is 0.0269. The lowest BCUT2D eigenvalue weighted by molar-refractivity contribution is 0.0538. The van der Waals surface area contributed by atoms with Crippen molar-refractivity contribution in [2.24, 2.45) is 11.7 Å². The van der Waals surface area contributed by atoms with Gasteiger partial charge in [-0.25, -0.2) is 0 Å². The van der Waals surface area contributed by atoms with E-state index in [1.807, 2.05) is 7.05 Å². The van der Waals surface area contributed by atoms with E-state index in [4.69, 9.17) is 15.0 Å². The summed E-state index contributed by atoms with van der Waals surface area (Å²) in [5.74, 6) is 0.321. The van der Waals surface area contributed by atoms with E-state index in [9.17, 15) is 4.79 Å². The number of nitrogens with two attached hydrogens (primary N) is 1. The molecule has 1 aromatic heterocycles. The SMILES string of the molecule is CN(Cc1nc(C(N)=O)no1)CC1CCOCC1. The number of carbonyl (C=O) groups excluding carboxylic acids is 1. The summed E-state index contributed by atoms with van der Waals surface area (Å²) >= 11 is 0. The molecule has 1 amide bonds. The zero-order chi connectivity index (χ0) is 13.0. The minimum Gasteiger partial charge on any atom is -0.381 e. The number of carbonyl (C=O) groups is 1. The highest BCUT2D eigenvalue weighted by atomic mass is 16.5. The standard InChI is InChI=1S/C11H18N4O3/c1-15(6-8-2-4-17-5-3-8)7-9-13-11(10(12)16)14-18-9/h8H,2-7H2,1H3,(H2,12,16). The lowest BCUT2D eigenvalue weighted by Gasteiger charge is -2.26. The summed E-state index contributed by atoms with van der Waals surface area (Å²) in [6, 6.07) is 0. The van der Waals surface area contributed by atoms with E-state index in [2.05, 4.69) is 15.0 Å². The zero-order valence-electron chi connectivity index (χ0n) is 10.5. The van der Waals surface area contributed by atoms with Gasteiger partial charge < -0.3 is 15.0 Å². The second-order valence-electron chi connectivity index (χ2n) is 4.63. The van der Waals surface area contributed by atoms with Gasteiger partial charge in [0.25, 0.3) is 11.7 Å². The van der Waals surface area contributed by atoms with E-state index in [1.54, 1.807) is 0 Å². The van der Waals surface area contributed by atoms with Crippen molar-refractivity contribution in [1.82, 2.24) is 15.0 Å². The molecule has 1 aromatic rings. The largest absolute Gasteiger partial charge is 0.381 e. The molecule has 100 valence electrons. The van der Waals surface area contributed by atoms with Crippen LogP contribution in [0, 0.1) is 5.92 Å². The van der Waals surface area contributed by atoms with Gasteiger partial charge in [0, 0.05) is 19.8 Å². The summed E-state index contributed by atoms with van der Waals surface area (Å²) in [6.45, 7) is 3.16. The Hall–Kier alpha value is -1.47. The van der Waals surface area contributed by atoms with Gasteiger partial charge in [-0.3, -0.25) is 9.69 Å². The maximum atomic E-state index is 10.8. The number of nitrogens with zero attached hydrogens (tertiary/aromatic N) is 3. The maximum absolute atomic E-state index is 10.8.